The van der Waals surface area contributed by atoms with Gasteiger partial charge in [0.15, 0.2) is 5.79 Å². The van der Waals surface area contributed by atoms with Crippen LogP contribution < -0.4 is 0 Å². The molecule has 0 bridgehead atoms. The van der Waals surface area contributed by atoms with E-state index in [1.807, 2.05) is 13.8 Å². The smallest absolute Gasteiger partial charge is 0.163 e. The minimum absolute atomic E-state index is 0.0932. The van der Waals surface area contributed by atoms with Gasteiger partial charge in [-0.05, 0) is 56.9 Å². The molecule has 0 radical (unpaired) electrons. The fraction of sp³-hybridized carbons (Fsp3) is 0.571. The molecule has 0 aromatic heterocycles. The summed E-state index contributed by atoms with van der Waals surface area (Å²) >= 11 is 0. The van der Waals surface area contributed by atoms with Crippen LogP contribution in [0.4, 0.5) is 4.39 Å². The molecule has 2 rings (SSSR count). The van der Waals surface area contributed by atoms with Crippen LogP contribution in [0.15, 0.2) is 18.2 Å². The summed E-state index contributed by atoms with van der Waals surface area (Å²) < 4.78 is 24.2. The summed E-state index contributed by atoms with van der Waals surface area (Å²) in [5.74, 6) is -0.657. The molecule has 0 amide bonds. The van der Waals surface area contributed by atoms with E-state index in [2.05, 4.69) is 0 Å². The molecule has 0 unspecified atom stereocenters. The molecule has 1 atom stereocenters. The molecular formula is C14H19FO3. The lowest BCUT2D eigenvalue weighted by atomic mass is 10.1. The van der Waals surface area contributed by atoms with Crippen LogP contribution in [-0.2, 0) is 15.9 Å². The third-order valence-electron chi connectivity index (χ3n) is 3.08. The molecule has 1 aliphatic rings. The predicted octanol–water partition coefficient (Wildman–Crippen LogP) is 3.01. The van der Waals surface area contributed by atoms with Crippen LogP contribution in [0.25, 0.3) is 0 Å². The SMILES string of the molecule is CC1(C)OC[C@@H](CCCc2cc(F)ccc2O)O1. The van der Waals surface area contributed by atoms with E-state index in [-0.39, 0.29) is 17.7 Å². The predicted molar refractivity (Wildman–Crippen MR) is 65.9 cm³/mol. The lowest BCUT2D eigenvalue weighted by Crippen LogP contribution is -2.21. The van der Waals surface area contributed by atoms with Crippen LogP contribution >= 0.6 is 0 Å². The number of ether oxygens (including phenoxy) is 2. The lowest BCUT2D eigenvalue weighted by molar-refractivity contribution is -0.139. The van der Waals surface area contributed by atoms with Gasteiger partial charge in [-0.15, -0.1) is 0 Å². The number of aryl methyl sites for hydroxylation is 1. The first-order chi connectivity index (χ1) is 8.46. The number of hydrogen-bond donors (Lipinski definition) is 1. The maximum Gasteiger partial charge on any atom is 0.163 e. The van der Waals surface area contributed by atoms with E-state index in [1.54, 1.807) is 0 Å². The molecule has 3 nitrogen and oxygen atoms in total. The molecule has 1 saturated heterocycles. The third kappa shape index (κ3) is 3.43. The van der Waals surface area contributed by atoms with Gasteiger partial charge in [0.05, 0.1) is 12.7 Å². The summed E-state index contributed by atoms with van der Waals surface area (Å²) in [6.07, 6.45) is 2.42. The normalized spacial score (nSPS) is 22.3. The molecule has 1 aliphatic heterocycles. The van der Waals surface area contributed by atoms with E-state index < -0.39 is 5.79 Å². The van der Waals surface area contributed by atoms with Crippen LogP contribution in [0.1, 0.15) is 32.3 Å². The van der Waals surface area contributed by atoms with E-state index in [4.69, 9.17) is 9.47 Å². The highest BCUT2D eigenvalue weighted by atomic mass is 19.1. The Balaban J connectivity index is 1.80. The fourth-order valence-electron chi connectivity index (χ4n) is 2.18. The molecule has 0 saturated carbocycles. The Kier molecular flexibility index (Phi) is 3.88. The average molecular weight is 254 g/mol. The second kappa shape index (κ2) is 5.24. The molecular weight excluding hydrogens is 235 g/mol. The van der Waals surface area contributed by atoms with Crippen LogP contribution in [-0.4, -0.2) is 23.6 Å². The molecule has 4 heteroatoms. The van der Waals surface area contributed by atoms with E-state index in [1.165, 1.54) is 18.2 Å². The van der Waals surface area contributed by atoms with Crippen molar-refractivity contribution < 1.29 is 19.0 Å². The maximum atomic E-state index is 13.0. The Morgan fingerprint density at radius 1 is 1.44 bits per heavy atom. The molecule has 1 N–H and O–H groups in total. The van der Waals surface area contributed by atoms with Gasteiger partial charge in [0.25, 0.3) is 0 Å². The topological polar surface area (TPSA) is 38.7 Å². The third-order valence-corrected chi connectivity index (χ3v) is 3.08. The molecule has 0 aliphatic carbocycles. The number of rotatable bonds is 4. The van der Waals surface area contributed by atoms with Crippen molar-refractivity contribution in [1.29, 1.82) is 0 Å². The van der Waals surface area contributed by atoms with Crippen molar-refractivity contribution in [3.63, 3.8) is 0 Å². The van der Waals surface area contributed by atoms with Crippen LogP contribution in [0.5, 0.6) is 5.75 Å². The van der Waals surface area contributed by atoms with Gasteiger partial charge in [0, 0.05) is 0 Å². The van der Waals surface area contributed by atoms with Crippen molar-refractivity contribution >= 4 is 0 Å². The van der Waals surface area contributed by atoms with Gasteiger partial charge in [0.1, 0.15) is 11.6 Å². The van der Waals surface area contributed by atoms with Gasteiger partial charge >= 0.3 is 0 Å². The van der Waals surface area contributed by atoms with Crippen LogP contribution in [0.3, 0.4) is 0 Å². The largest absolute Gasteiger partial charge is 0.508 e. The summed E-state index contributed by atoms with van der Waals surface area (Å²) in [6, 6.07) is 4.03. The van der Waals surface area contributed by atoms with Gasteiger partial charge in [-0.25, -0.2) is 4.39 Å². The van der Waals surface area contributed by atoms with Crippen molar-refractivity contribution in [3.05, 3.63) is 29.6 Å². The lowest BCUT2D eigenvalue weighted by Gasteiger charge is -2.17. The summed E-state index contributed by atoms with van der Waals surface area (Å²) in [7, 11) is 0. The van der Waals surface area contributed by atoms with E-state index in [0.29, 0.717) is 18.6 Å². The van der Waals surface area contributed by atoms with Crippen LogP contribution in [0.2, 0.25) is 0 Å². The van der Waals surface area contributed by atoms with E-state index in [0.717, 1.165) is 12.8 Å². The van der Waals surface area contributed by atoms with Gasteiger partial charge in [0.2, 0.25) is 0 Å². The standard InChI is InChI=1S/C14H19FO3/c1-14(2)17-9-12(18-14)5-3-4-10-8-11(15)6-7-13(10)16/h6-8,12,16H,3-5,9H2,1-2H3/t12-/m1/s1. The molecule has 0 spiro atoms. The highest BCUT2D eigenvalue weighted by Gasteiger charge is 2.31. The monoisotopic (exact) mass is 254 g/mol. The summed E-state index contributed by atoms with van der Waals surface area (Å²) in [5, 5.41) is 9.59. The number of aromatic hydroxyl groups is 1. The Morgan fingerprint density at radius 3 is 2.89 bits per heavy atom. The van der Waals surface area contributed by atoms with Crippen molar-refractivity contribution in [2.24, 2.45) is 0 Å². The van der Waals surface area contributed by atoms with Crippen molar-refractivity contribution in [2.75, 3.05) is 6.61 Å². The zero-order chi connectivity index (χ0) is 13.2. The molecule has 1 fully saturated rings. The van der Waals surface area contributed by atoms with E-state index >= 15 is 0 Å². The number of phenols is 1. The Bertz CT molecular complexity index is 418. The average Bonchev–Trinajstić information content (AvgIpc) is 2.63. The fourth-order valence-corrected chi connectivity index (χ4v) is 2.18. The number of phenolic OH excluding ortho intramolecular Hbond substituents is 1. The molecule has 100 valence electrons. The van der Waals surface area contributed by atoms with E-state index in [9.17, 15) is 9.50 Å². The van der Waals surface area contributed by atoms with Gasteiger partial charge < -0.3 is 14.6 Å². The molecule has 1 aromatic carbocycles. The zero-order valence-corrected chi connectivity index (χ0v) is 10.8. The highest BCUT2D eigenvalue weighted by Crippen LogP contribution is 2.26. The number of hydrogen-bond acceptors (Lipinski definition) is 3. The Labute approximate surface area is 107 Å². The molecule has 18 heavy (non-hydrogen) atoms. The Hall–Kier alpha value is -1.13. The van der Waals surface area contributed by atoms with Gasteiger partial charge in [-0.3, -0.25) is 0 Å². The first-order valence-electron chi connectivity index (χ1n) is 6.25. The van der Waals surface area contributed by atoms with Crippen molar-refractivity contribution in [3.8, 4) is 5.75 Å². The summed E-state index contributed by atoms with van der Waals surface area (Å²) in [5.41, 5.74) is 0.646. The molecule has 1 aromatic rings. The second-order valence-corrected chi connectivity index (χ2v) is 5.12. The number of halogens is 1. The Morgan fingerprint density at radius 2 is 2.22 bits per heavy atom. The first-order valence-corrected chi connectivity index (χ1v) is 6.25. The summed E-state index contributed by atoms with van der Waals surface area (Å²) in [4.78, 5) is 0. The van der Waals surface area contributed by atoms with Gasteiger partial charge in [-0.2, -0.15) is 0 Å². The van der Waals surface area contributed by atoms with Crippen molar-refractivity contribution in [2.45, 2.75) is 45.0 Å². The minimum Gasteiger partial charge on any atom is -0.508 e. The van der Waals surface area contributed by atoms with Crippen molar-refractivity contribution in [1.82, 2.24) is 0 Å². The maximum absolute atomic E-state index is 13.0. The number of benzene rings is 1. The first kappa shape index (κ1) is 13.3. The molecule has 1 heterocycles. The highest BCUT2D eigenvalue weighted by molar-refractivity contribution is 5.32. The second-order valence-electron chi connectivity index (χ2n) is 5.12. The van der Waals surface area contributed by atoms with Crippen LogP contribution in [0, 0.1) is 5.82 Å². The summed E-state index contributed by atoms with van der Waals surface area (Å²) in [6.45, 7) is 4.39. The van der Waals surface area contributed by atoms with Gasteiger partial charge in [-0.1, -0.05) is 0 Å². The minimum atomic E-state index is -0.494. The zero-order valence-electron chi connectivity index (χ0n) is 10.8. The quantitative estimate of drug-likeness (QED) is 0.897.